The molecule has 0 N–H and O–H groups in total. The minimum absolute atomic E-state index is 0.227. The van der Waals surface area contributed by atoms with Crippen molar-refractivity contribution in [1.29, 1.82) is 0 Å². The SMILES string of the molecule is CCC(CC)c1nnc(-c2nc(-c3ccc(Cl)cc3Cl)n(-c3ccc(Cl)cc3)c2C)o1. The molecule has 0 spiro atoms. The van der Waals surface area contributed by atoms with E-state index in [0.29, 0.717) is 38.4 Å². The number of aromatic nitrogens is 4. The molecular formula is C23H21Cl3N4O. The first-order chi connectivity index (χ1) is 14.9. The molecule has 4 rings (SSSR count). The van der Waals surface area contributed by atoms with Gasteiger partial charge in [0, 0.05) is 27.2 Å². The Balaban J connectivity index is 1.91. The molecule has 4 aromatic rings. The molecule has 0 atom stereocenters. The van der Waals surface area contributed by atoms with E-state index >= 15 is 0 Å². The van der Waals surface area contributed by atoms with Gasteiger partial charge in [-0.15, -0.1) is 10.2 Å². The second-order valence-corrected chi connectivity index (χ2v) is 8.54. The molecule has 8 heteroatoms. The third kappa shape index (κ3) is 4.22. The molecule has 0 saturated heterocycles. The molecule has 0 saturated carbocycles. The van der Waals surface area contributed by atoms with E-state index in [0.717, 1.165) is 29.8 Å². The predicted octanol–water partition coefficient (Wildman–Crippen LogP) is 7.76. The van der Waals surface area contributed by atoms with Crippen molar-refractivity contribution in [2.75, 3.05) is 0 Å². The van der Waals surface area contributed by atoms with Crippen molar-refractivity contribution < 1.29 is 4.42 Å². The number of nitrogens with zero attached hydrogens (tertiary/aromatic N) is 4. The first kappa shape index (κ1) is 21.9. The number of rotatable bonds is 6. The van der Waals surface area contributed by atoms with Gasteiger partial charge in [-0.1, -0.05) is 48.7 Å². The van der Waals surface area contributed by atoms with E-state index in [1.165, 1.54) is 0 Å². The second-order valence-electron chi connectivity index (χ2n) is 7.26. The van der Waals surface area contributed by atoms with Crippen LogP contribution in [0.4, 0.5) is 0 Å². The van der Waals surface area contributed by atoms with Gasteiger partial charge in [-0.2, -0.15) is 0 Å². The second kappa shape index (κ2) is 9.03. The van der Waals surface area contributed by atoms with E-state index in [9.17, 15) is 0 Å². The lowest BCUT2D eigenvalue weighted by Gasteiger charge is -2.11. The van der Waals surface area contributed by atoms with Gasteiger partial charge in [-0.05, 0) is 62.2 Å². The normalized spacial score (nSPS) is 11.5. The quantitative estimate of drug-likeness (QED) is 0.286. The van der Waals surface area contributed by atoms with Crippen molar-refractivity contribution in [3.05, 3.63) is 69.1 Å². The zero-order valence-electron chi connectivity index (χ0n) is 17.4. The van der Waals surface area contributed by atoms with Crippen LogP contribution >= 0.6 is 34.8 Å². The lowest BCUT2D eigenvalue weighted by molar-refractivity contribution is 0.438. The van der Waals surface area contributed by atoms with E-state index in [1.807, 2.05) is 41.8 Å². The first-order valence-corrected chi connectivity index (χ1v) is 11.2. The molecule has 31 heavy (non-hydrogen) atoms. The third-order valence-corrected chi connectivity index (χ3v) is 6.14. The first-order valence-electron chi connectivity index (χ1n) is 10.1. The van der Waals surface area contributed by atoms with Crippen LogP contribution < -0.4 is 0 Å². The maximum absolute atomic E-state index is 6.53. The molecule has 0 aliphatic heterocycles. The Hall–Kier alpha value is -2.34. The van der Waals surface area contributed by atoms with Gasteiger partial charge in [0.25, 0.3) is 5.89 Å². The Morgan fingerprint density at radius 3 is 2.26 bits per heavy atom. The highest BCUT2D eigenvalue weighted by molar-refractivity contribution is 6.36. The van der Waals surface area contributed by atoms with Crippen molar-refractivity contribution >= 4 is 34.8 Å². The van der Waals surface area contributed by atoms with E-state index in [4.69, 9.17) is 44.2 Å². The standard InChI is InChI=1S/C23H21Cl3N4O/c1-4-14(5-2)22-28-29-23(31-22)20-13(3)30(17-9-6-15(24)7-10-17)21(27-20)18-11-8-16(25)12-19(18)26/h6-12,14H,4-5H2,1-3H3. The average molecular weight is 476 g/mol. The summed E-state index contributed by atoms with van der Waals surface area (Å²) in [7, 11) is 0. The van der Waals surface area contributed by atoms with Gasteiger partial charge >= 0.3 is 0 Å². The molecule has 0 unspecified atom stereocenters. The molecular weight excluding hydrogens is 455 g/mol. The lowest BCUT2D eigenvalue weighted by atomic mass is 10.0. The molecule has 0 radical (unpaired) electrons. The van der Waals surface area contributed by atoms with Gasteiger partial charge in [0.2, 0.25) is 5.89 Å². The summed E-state index contributed by atoms with van der Waals surface area (Å²) in [6, 6.07) is 12.9. The summed E-state index contributed by atoms with van der Waals surface area (Å²) in [6.45, 7) is 6.18. The molecule has 160 valence electrons. The van der Waals surface area contributed by atoms with E-state index in [2.05, 4.69) is 24.0 Å². The predicted molar refractivity (Wildman–Crippen MR) is 125 cm³/mol. The summed E-state index contributed by atoms with van der Waals surface area (Å²) in [5.74, 6) is 1.90. The van der Waals surface area contributed by atoms with Crippen molar-refractivity contribution in [1.82, 2.24) is 19.7 Å². The fraction of sp³-hybridized carbons (Fsp3) is 0.261. The minimum Gasteiger partial charge on any atom is -0.419 e. The van der Waals surface area contributed by atoms with Crippen molar-refractivity contribution in [2.45, 2.75) is 39.5 Å². The molecule has 2 heterocycles. The van der Waals surface area contributed by atoms with Crippen molar-refractivity contribution in [2.24, 2.45) is 0 Å². The smallest absolute Gasteiger partial charge is 0.268 e. The summed E-state index contributed by atoms with van der Waals surface area (Å²) in [6.07, 6.45) is 1.87. The van der Waals surface area contributed by atoms with Crippen molar-refractivity contribution in [3.8, 4) is 28.7 Å². The Morgan fingerprint density at radius 1 is 0.935 bits per heavy atom. The summed E-state index contributed by atoms with van der Waals surface area (Å²) in [5.41, 5.74) is 3.10. The van der Waals surface area contributed by atoms with Crippen LogP contribution in [-0.2, 0) is 0 Å². The van der Waals surface area contributed by atoms with Crippen LogP contribution in [-0.4, -0.2) is 19.7 Å². The molecule has 2 aromatic carbocycles. The summed E-state index contributed by atoms with van der Waals surface area (Å²) in [5, 5.41) is 10.3. The number of halogens is 3. The lowest BCUT2D eigenvalue weighted by Crippen LogP contribution is -2.00. The van der Waals surface area contributed by atoms with Crippen molar-refractivity contribution in [3.63, 3.8) is 0 Å². The monoisotopic (exact) mass is 474 g/mol. The van der Waals surface area contributed by atoms with Crippen LogP contribution in [0.25, 0.3) is 28.7 Å². The molecule has 0 aliphatic rings. The van der Waals surface area contributed by atoms with Crippen LogP contribution in [0.15, 0.2) is 46.9 Å². The fourth-order valence-electron chi connectivity index (χ4n) is 3.59. The van der Waals surface area contributed by atoms with Crippen LogP contribution in [0, 0.1) is 6.92 Å². The van der Waals surface area contributed by atoms with Gasteiger partial charge in [0.05, 0.1) is 10.7 Å². The molecule has 0 fully saturated rings. The summed E-state index contributed by atoms with van der Waals surface area (Å²) in [4.78, 5) is 4.87. The Morgan fingerprint density at radius 2 is 1.61 bits per heavy atom. The van der Waals surface area contributed by atoms with Gasteiger partial charge < -0.3 is 4.42 Å². The average Bonchev–Trinajstić information content (AvgIpc) is 3.35. The minimum atomic E-state index is 0.227. The Labute approximate surface area is 196 Å². The van der Waals surface area contributed by atoms with Gasteiger partial charge in [-0.25, -0.2) is 4.98 Å². The maximum Gasteiger partial charge on any atom is 0.268 e. The Kier molecular flexibility index (Phi) is 6.37. The highest BCUT2D eigenvalue weighted by Crippen LogP contribution is 2.36. The molecule has 0 aliphatic carbocycles. The topological polar surface area (TPSA) is 56.7 Å². The zero-order valence-corrected chi connectivity index (χ0v) is 19.6. The molecule has 0 amide bonds. The number of hydrogen-bond donors (Lipinski definition) is 0. The summed E-state index contributed by atoms with van der Waals surface area (Å²) >= 11 is 18.7. The zero-order chi connectivity index (χ0) is 22.1. The van der Waals surface area contributed by atoms with Gasteiger partial charge in [0.1, 0.15) is 11.5 Å². The molecule has 5 nitrogen and oxygen atoms in total. The Bertz CT molecular complexity index is 1210. The van der Waals surface area contributed by atoms with Crippen LogP contribution in [0.3, 0.4) is 0 Å². The summed E-state index contributed by atoms with van der Waals surface area (Å²) < 4.78 is 8.03. The largest absolute Gasteiger partial charge is 0.419 e. The van der Waals surface area contributed by atoms with E-state index < -0.39 is 0 Å². The van der Waals surface area contributed by atoms with Crippen LogP contribution in [0.5, 0.6) is 0 Å². The highest BCUT2D eigenvalue weighted by atomic mass is 35.5. The van der Waals surface area contributed by atoms with Crippen LogP contribution in [0.1, 0.15) is 44.2 Å². The molecule has 0 bridgehead atoms. The van der Waals surface area contributed by atoms with Crippen LogP contribution in [0.2, 0.25) is 15.1 Å². The third-order valence-electron chi connectivity index (χ3n) is 5.34. The fourth-order valence-corrected chi connectivity index (χ4v) is 4.21. The number of imidazole rings is 1. The highest BCUT2D eigenvalue weighted by Gasteiger charge is 2.24. The maximum atomic E-state index is 6.53. The van der Waals surface area contributed by atoms with Gasteiger partial charge in [-0.3, -0.25) is 4.57 Å². The number of hydrogen-bond acceptors (Lipinski definition) is 4. The van der Waals surface area contributed by atoms with E-state index in [1.54, 1.807) is 12.1 Å². The number of benzene rings is 2. The van der Waals surface area contributed by atoms with E-state index in [-0.39, 0.29) is 5.92 Å². The van der Waals surface area contributed by atoms with Gasteiger partial charge in [0.15, 0.2) is 0 Å². The molecule has 2 aromatic heterocycles.